The molecule has 3 N–H and O–H groups in total. The molecule has 1 aliphatic heterocycles. The number of hydrogen-bond donors (Lipinski definition) is 2. The lowest BCUT2D eigenvalue weighted by molar-refractivity contribution is 0.513. The fourth-order valence-electron chi connectivity index (χ4n) is 1.99. The molecule has 1 heterocycles. The summed E-state index contributed by atoms with van der Waals surface area (Å²) >= 11 is 0. The minimum Gasteiger partial charge on any atom is -0.329 e. The summed E-state index contributed by atoms with van der Waals surface area (Å²) in [4.78, 5) is 0. The van der Waals surface area contributed by atoms with E-state index in [0.717, 1.165) is 13.0 Å². The summed E-state index contributed by atoms with van der Waals surface area (Å²) in [5, 5.41) is 3.42. The number of fused-ring (bicyclic) bond motifs is 1. The van der Waals surface area contributed by atoms with Crippen LogP contribution in [0.3, 0.4) is 0 Å². The van der Waals surface area contributed by atoms with Gasteiger partial charge >= 0.3 is 0 Å². The third kappa shape index (κ3) is 1.60. The number of nitrogens with two attached hydrogens (primary N) is 1. The molecule has 0 saturated carbocycles. The Kier molecular flexibility index (Phi) is 2.34. The van der Waals surface area contributed by atoms with Gasteiger partial charge in [0.25, 0.3) is 0 Å². The van der Waals surface area contributed by atoms with E-state index >= 15 is 0 Å². The first-order valence-corrected chi connectivity index (χ1v) is 4.84. The molecule has 0 amide bonds. The normalized spacial score (nSPS) is 21.2. The Morgan fingerprint density at radius 3 is 3.15 bits per heavy atom. The summed E-state index contributed by atoms with van der Waals surface area (Å²) in [6.45, 7) is 3.88. The standard InChI is InChI=1S/C11H16N2/c1-8-2-3-10-9(6-8)4-5-13-11(10)7-12/h2-3,6,11,13H,4-5,7,12H2,1H3. The second-order valence-corrected chi connectivity index (χ2v) is 3.69. The van der Waals surface area contributed by atoms with Crippen molar-refractivity contribution in [1.82, 2.24) is 5.32 Å². The maximum absolute atomic E-state index is 5.69. The number of hydrogen-bond acceptors (Lipinski definition) is 2. The van der Waals surface area contributed by atoms with Crippen LogP contribution in [0.15, 0.2) is 18.2 Å². The maximum atomic E-state index is 5.69. The lowest BCUT2D eigenvalue weighted by Crippen LogP contribution is -2.34. The first-order valence-electron chi connectivity index (χ1n) is 4.84. The van der Waals surface area contributed by atoms with Crippen molar-refractivity contribution in [2.24, 2.45) is 5.73 Å². The van der Waals surface area contributed by atoms with Crippen molar-refractivity contribution in [2.45, 2.75) is 19.4 Å². The highest BCUT2D eigenvalue weighted by molar-refractivity contribution is 5.35. The highest BCUT2D eigenvalue weighted by atomic mass is 14.9. The Hall–Kier alpha value is -0.860. The zero-order valence-electron chi connectivity index (χ0n) is 8.01. The van der Waals surface area contributed by atoms with E-state index in [1.807, 2.05) is 0 Å². The number of rotatable bonds is 1. The maximum Gasteiger partial charge on any atom is 0.0447 e. The second kappa shape index (κ2) is 3.48. The van der Waals surface area contributed by atoms with E-state index < -0.39 is 0 Å². The Morgan fingerprint density at radius 2 is 2.38 bits per heavy atom. The van der Waals surface area contributed by atoms with E-state index in [-0.39, 0.29) is 0 Å². The molecule has 0 bridgehead atoms. The van der Waals surface area contributed by atoms with Gasteiger partial charge in [0.1, 0.15) is 0 Å². The average Bonchev–Trinajstić information content (AvgIpc) is 2.16. The first kappa shape index (κ1) is 8.73. The molecule has 2 rings (SSSR count). The van der Waals surface area contributed by atoms with E-state index in [0.29, 0.717) is 12.6 Å². The van der Waals surface area contributed by atoms with Gasteiger partial charge in [-0.25, -0.2) is 0 Å². The molecule has 1 aliphatic rings. The zero-order chi connectivity index (χ0) is 9.26. The molecule has 0 aliphatic carbocycles. The van der Waals surface area contributed by atoms with Crippen LogP contribution in [-0.2, 0) is 6.42 Å². The molecule has 2 nitrogen and oxygen atoms in total. The van der Waals surface area contributed by atoms with E-state index in [1.54, 1.807) is 0 Å². The van der Waals surface area contributed by atoms with Crippen molar-refractivity contribution in [3.05, 3.63) is 34.9 Å². The van der Waals surface area contributed by atoms with Crippen molar-refractivity contribution in [2.75, 3.05) is 13.1 Å². The van der Waals surface area contributed by atoms with Crippen molar-refractivity contribution in [3.8, 4) is 0 Å². The summed E-state index contributed by atoms with van der Waals surface area (Å²) in [5.41, 5.74) is 9.89. The minimum atomic E-state index is 0.365. The first-order chi connectivity index (χ1) is 6.31. The fraction of sp³-hybridized carbons (Fsp3) is 0.455. The monoisotopic (exact) mass is 176 g/mol. The predicted molar refractivity (Wildman–Crippen MR) is 54.7 cm³/mol. The Labute approximate surface area is 79.1 Å². The largest absolute Gasteiger partial charge is 0.329 e. The molecule has 0 radical (unpaired) electrons. The Bertz CT molecular complexity index is 307. The van der Waals surface area contributed by atoms with E-state index in [1.165, 1.54) is 16.7 Å². The SMILES string of the molecule is Cc1ccc2c(c1)CCNC2CN. The molecule has 2 heteroatoms. The molecule has 1 aromatic carbocycles. The van der Waals surface area contributed by atoms with Crippen molar-refractivity contribution in [3.63, 3.8) is 0 Å². The summed E-state index contributed by atoms with van der Waals surface area (Å²) in [5.74, 6) is 0. The van der Waals surface area contributed by atoms with Gasteiger partial charge in [-0.15, -0.1) is 0 Å². The number of benzene rings is 1. The molecule has 1 aromatic rings. The van der Waals surface area contributed by atoms with Crippen LogP contribution >= 0.6 is 0 Å². The van der Waals surface area contributed by atoms with Crippen LogP contribution in [0.2, 0.25) is 0 Å². The van der Waals surface area contributed by atoms with E-state index in [2.05, 4.69) is 30.4 Å². The highest BCUT2D eigenvalue weighted by Crippen LogP contribution is 2.22. The van der Waals surface area contributed by atoms with Crippen LogP contribution in [0.5, 0.6) is 0 Å². The molecule has 0 aromatic heterocycles. The van der Waals surface area contributed by atoms with Gasteiger partial charge in [-0.05, 0) is 31.0 Å². The Morgan fingerprint density at radius 1 is 1.54 bits per heavy atom. The third-order valence-corrected chi connectivity index (χ3v) is 2.69. The molecule has 1 unspecified atom stereocenters. The number of aryl methyl sites for hydroxylation is 1. The van der Waals surface area contributed by atoms with Gasteiger partial charge in [0.15, 0.2) is 0 Å². The van der Waals surface area contributed by atoms with Crippen molar-refractivity contribution < 1.29 is 0 Å². The summed E-state index contributed by atoms with van der Waals surface area (Å²) in [6, 6.07) is 7.01. The predicted octanol–water partition coefficient (Wildman–Crippen LogP) is 1.14. The molecule has 70 valence electrons. The molecular weight excluding hydrogens is 160 g/mol. The summed E-state index contributed by atoms with van der Waals surface area (Å²) in [6.07, 6.45) is 1.13. The van der Waals surface area contributed by atoms with Crippen LogP contribution < -0.4 is 11.1 Å². The van der Waals surface area contributed by atoms with Crippen molar-refractivity contribution >= 4 is 0 Å². The lowest BCUT2D eigenvalue weighted by Gasteiger charge is -2.26. The summed E-state index contributed by atoms with van der Waals surface area (Å²) in [7, 11) is 0. The highest BCUT2D eigenvalue weighted by Gasteiger charge is 2.17. The van der Waals surface area contributed by atoms with E-state index in [9.17, 15) is 0 Å². The van der Waals surface area contributed by atoms with Crippen LogP contribution in [0.1, 0.15) is 22.7 Å². The van der Waals surface area contributed by atoms with Crippen molar-refractivity contribution in [1.29, 1.82) is 0 Å². The van der Waals surface area contributed by atoms with Gasteiger partial charge in [0.05, 0.1) is 0 Å². The topological polar surface area (TPSA) is 38.0 Å². The number of nitrogens with one attached hydrogen (secondary N) is 1. The van der Waals surface area contributed by atoms with Crippen LogP contribution in [0, 0.1) is 6.92 Å². The quantitative estimate of drug-likeness (QED) is 0.673. The Balaban J connectivity index is 2.40. The molecule has 0 spiro atoms. The average molecular weight is 176 g/mol. The van der Waals surface area contributed by atoms with Gasteiger partial charge in [-0.2, -0.15) is 0 Å². The smallest absolute Gasteiger partial charge is 0.0447 e. The molecule has 0 saturated heterocycles. The van der Waals surface area contributed by atoms with Gasteiger partial charge in [-0.3, -0.25) is 0 Å². The van der Waals surface area contributed by atoms with E-state index in [4.69, 9.17) is 5.73 Å². The van der Waals surface area contributed by atoms with Gasteiger partial charge in [0.2, 0.25) is 0 Å². The van der Waals surface area contributed by atoms with Gasteiger partial charge in [-0.1, -0.05) is 23.8 Å². The van der Waals surface area contributed by atoms with Crippen LogP contribution in [0.25, 0.3) is 0 Å². The van der Waals surface area contributed by atoms with Crippen LogP contribution in [-0.4, -0.2) is 13.1 Å². The fourth-order valence-corrected chi connectivity index (χ4v) is 1.99. The molecule has 1 atom stereocenters. The minimum absolute atomic E-state index is 0.365. The molecule has 13 heavy (non-hydrogen) atoms. The van der Waals surface area contributed by atoms with Gasteiger partial charge < -0.3 is 11.1 Å². The zero-order valence-corrected chi connectivity index (χ0v) is 8.01. The lowest BCUT2D eigenvalue weighted by atomic mass is 9.93. The van der Waals surface area contributed by atoms with Crippen LogP contribution in [0.4, 0.5) is 0 Å². The van der Waals surface area contributed by atoms with Gasteiger partial charge in [0, 0.05) is 12.6 Å². The molecule has 0 fully saturated rings. The summed E-state index contributed by atoms with van der Waals surface area (Å²) < 4.78 is 0. The third-order valence-electron chi connectivity index (χ3n) is 2.69. The molecular formula is C11H16N2. The second-order valence-electron chi connectivity index (χ2n) is 3.69.